The Kier molecular flexibility index (Phi) is 9.49. The van der Waals surface area contributed by atoms with Gasteiger partial charge in [0.1, 0.15) is 0 Å². The van der Waals surface area contributed by atoms with Crippen molar-refractivity contribution < 1.29 is 4.74 Å². The molecule has 0 spiro atoms. The molecule has 0 radical (unpaired) electrons. The smallest absolute Gasteiger partial charge is 0.0510 e. The molecule has 126 valence electrons. The van der Waals surface area contributed by atoms with Gasteiger partial charge in [-0.1, -0.05) is 20.8 Å². The van der Waals surface area contributed by atoms with Gasteiger partial charge in [0, 0.05) is 44.7 Å². The molecule has 1 aliphatic rings. The Morgan fingerprint density at radius 3 is 2.48 bits per heavy atom. The van der Waals surface area contributed by atoms with Crippen LogP contribution in [0.2, 0.25) is 0 Å². The number of hydrogen-bond donors (Lipinski definition) is 1. The number of rotatable bonds is 11. The summed E-state index contributed by atoms with van der Waals surface area (Å²) in [5.74, 6) is 1.41. The third-order valence-electron chi connectivity index (χ3n) is 4.13. The second kappa shape index (κ2) is 10.5. The van der Waals surface area contributed by atoms with Gasteiger partial charge in [-0.25, -0.2) is 0 Å². The minimum absolute atomic E-state index is 0.577. The number of hydrogen-bond acceptors (Lipinski definition) is 4. The van der Waals surface area contributed by atoms with E-state index in [0.717, 1.165) is 45.3 Å². The molecule has 1 aliphatic heterocycles. The van der Waals surface area contributed by atoms with E-state index >= 15 is 0 Å². The third kappa shape index (κ3) is 8.15. The van der Waals surface area contributed by atoms with Gasteiger partial charge >= 0.3 is 0 Å². The van der Waals surface area contributed by atoms with Crippen molar-refractivity contribution in [2.75, 3.05) is 60.0 Å². The largest absolute Gasteiger partial charge is 0.381 e. The molecule has 4 nitrogen and oxygen atoms in total. The Morgan fingerprint density at radius 2 is 1.95 bits per heavy atom. The first kappa shape index (κ1) is 18.9. The molecule has 4 heteroatoms. The van der Waals surface area contributed by atoms with Gasteiger partial charge in [-0.2, -0.15) is 0 Å². The lowest BCUT2D eigenvalue weighted by Crippen LogP contribution is -2.48. The fourth-order valence-corrected chi connectivity index (χ4v) is 2.97. The van der Waals surface area contributed by atoms with Crippen LogP contribution in [0.3, 0.4) is 0 Å². The first-order valence-electron chi connectivity index (χ1n) is 8.71. The molecule has 21 heavy (non-hydrogen) atoms. The lowest BCUT2D eigenvalue weighted by Gasteiger charge is -2.32. The molecule has 1 heterocycles. The van der Waals surface area contributed by atoms with E-state index in [0.29, 0.717) is 12.0 Å². The molecule has 1 fully saturated rings. The zero-order chi connectivity index (χ0) is 15.7. The summed E-state index contributed by atoms with van der Waals surface area (Å²) in [6, 6.07) is 0.577. The van der Waals surface area contributed by atoms with Crippen molar-refractivity contribution in [1.82, 2.24) is 15.1 Å². The summed E-state index contributed by atoms with van der Waals surface area (Å²) in [4.78, 5) is 4.91. The zero-order valence-corrected chi connectivity index (χ0v) is 14.9. The summed E-state index contributed by atoms with van der Waals surface area (Å²) in [5, 5.41) is 3.77. The van der Waals surface area contributed by atoms with E-state index in [4.69, 9.17) is 4.74 Å². The molecule has 0 saturated carbocycles. The van der Waals surface area contributed by atoms with Crippen molar-refractivity contribution >= 4 is 0 Å². The standard InChI is InChI=1S/C17H37N3O/c1-6-8-18-17(16-7-11-21-14-16)13-20(12-15(2)3)10-9-19(4)5/h15-18H,6-14H2,1-5H3. The maximum atomic E-state index is 5.61. The maximum absolute atomic E-state index is 5.61. The van der Waals surface area contributed by atoms with Crippen molar-refractivity contribution in [3.8, 4) is 0 Å². The monoisotopic (exact) mass is 299 g/mol. The highest BCUT2D eigenvalue weighted by Crippen LogP contribution is 2.18. The van der Waals surface area contributed by atoms with Crippen LogP contribution >= 0.6 is 0 Å². The minimum atomic E-state index is 0.577. The molecule has 0 aromatic carbocycles. The highest BCUT2D eigenvalue weighted by Gasteiger charge is 2.27. The normalized spacial score (nSPS) is 20.9. The van der Waals surface area contributed by atoms with Gasteiger partial charge in [-0.3, -0.25) is 0 Å². The minimum Gasteiger partial charge on any atom is -0.381 e. The number of nitrogens with one attached hydrogen (secondary N) is 1. The molecular formula is C17H37N3O. The van der Waals surface area contributed by atoms with E-state index < -0.39 is 0 Å². The van der Waals surface area contributed by atoms with Crippen LogP contribution in [0.25, 0.3) is 0 Å². The molecule has 2 unspecified atom stereocenters. The Morgan fingerprint density at radius 1 is 1.19 bits per heavy atom. The number of likely N-dealkylation sites (N-methyl/N-ethyl adjacent to an activating group) is 1. The number of ether oxygens (including phenoxy) is 1. The van der Waals surface area contributed by atoms with Crippen LogP contribution in [-0.2, 0) is 4.74 Å². The van der Waals surface area contributed by atoms with Gasteiger partial charge < -0.3 is 19.9 Å². The Balaban J connectivity index is 2.55. The Bertz CT molecular complexity index is 252. The SMILES string of the molecule is CCCNC(CN(CCN(C)C)CC(C)C)C1CCOC1. The van der Waals surface area contributed by atoms with Gasteiger partial charge in [0.2, 0.25) is 0 Å². The molecule has 2 atom stereocenters. The molecule has 1 N–H and O–H groups in total. The Hall–Kier alpha value is -0.160. The molecule has 0 bridgehead atoms. The number of nitrogens with zero attached hydrogens (tertiary/aromatic N) is 2. The van der Waals surface area contributed by atoms with Gasteiger partial charge in [0.05, 0.1) is 6.61 Å². The molecule has 0 aromatic heterocycles. The molecule has 0 aromatic rings. The van der Waals surface area contributed by atoms with Crippen molar-refractivity contribution in [3.05, 3.63) is 0 Å². The average Bonchev–Trinajstić information content (AvgIpc) is 2.93. The summed E-state index contributed by atoms with van der Waals surface area (Å²) < 4.78 is 5.61. The first-order valence-corrected chi connectivity index (χ1v) is 8.71. The van der Waals surface area contributed by atoms with Crippen molar-refractivity contribution in [3.63, 3.8) is 0 Å². The summed E-state index contributed by atoms with van der Waals surface area (Å²) in [6.07, 6.45) is 2.41. The van der Waals surface area contributed by atoms with Crippen LogP contribution in [0.4, 0.5) is 0 Å². The van der Waals surface area contributed by atoms with Crippen LogP contribution in [0.15, 0.2) is 0 Å². The first-order chi connectivity index (χ1) is 10.0. The second-order valence-electron chi connectivity index (χ2n) is 7.14. The van der Waals surface area contributed by atoms with E-state index in [9.17, 15) is 0 Å². The van der Waals surface area contributed by atoms with Gasteiger partial charge in [0.25, 0.3) is 0 Å². The van der Waals surface area contributed by atoms with E-state index in [1.54, 1.807) is 0 Å². The van der Waals surface area contributed by atoms with E-state index in [2.05, 4.69) is 50.0 Å². The van der Waals surface area contributed by atoms with Gasteiger partial charge in [-0.05, 0) is 39.4 Å². The molecule has 0 amide bonds. The molecule has 0 aliphatic carbocycles. The van der Waals surface area contributed by atoms with Crippen molar-refractivity contribution in [1.29, 1.82) is 0 Å². The lowest BCUT2D eigenvalue weighted by atomic mass is 9.98. The average molecular weight is 300 g/mol. The van der Waals surface area contributed by atoms with Crippen LogP contribution in [-0.4, -0.2) is 75.9 Å². The fraction of sp³-hybridized carbons (Fsp3) is 1.00. The highest BCUT2D eigenvalue weighted by atomic mass is 16.5. The van der Waals surface area contributed by atoms with Crippen molar-refractivity contribution in [2.45, 2.75) is 39.7 Å². The lowest BCUT2D eigenvalue weighted by molar-refractivity contribution is 0.151. The van der Waals surface area contributed by atoms with E-state index in [1.165, 1.54) is 19.4 Å². The third-order valence-corrected chi connectivity index (χ3v) is 4.13. The van der Waals surface area contributed by atoms with E-state index in [-0.39, 0.29) is 0 Å². The Labute approximate surface area is 132 Å². The van der Waals surface area contributed by atoms with E-state index in [1.807, 2.05) is 0 Å². The van der Waals surface area contributed by atoms with Crippen LogP contribution in [0.1, 0.15) is 33.6 Å². The molecular weight excluding hydrogens is 262 g/mol. The highest BCUT2D eigenvalue weighted by molar-refractivity contribution is 4.83. The predicted octanol–water partition coefficient (Wildman–Crippen LogP) is 1.91. The molecule has 1 rings (SSSR count). The predicted molar refractivity (Wildman–Crippen MR) is 90.8 cm³/mol. The van der Waals surface area contributed by atoms with Gasteiger partial charge in [-0.15, -0.1) is 0 Å². The quantitative estimate of drug-likeness (QED) is 0.631. The summed E-state index contributed by atoms with van der Waals surface area (Å²) in [5.41, 5.74) is 0. The summed E-state index contributed by atoms with van der Waals surface area (Å²) >= 11 is 0. The topological polar surface area (TPSA) is 27.7 Å². The fourth-order valence-electron chi connectivity index (χ4n) is 2.97. The van der Waals surface area contributed by atoms with Gasteiger partial charge in [0.15, 0.2) is 0 Å². The summed E-state index contributed by atoms with van der Waals surface area (Å²) in [6.45, 7) is 14.5. The maximum Gasteiger partial charge on any atom is 0.0510 e. The zero-order valence-electron chi connectivity index (χ0n) is 14.9. The van der Waals surface area contributed by atoms with Crippen molar-refractivity contribution in [2.24, 2.45) is 11.8 Å². The summed E-state index contributed by atoms with van der Waals surface area (Å²) in [7, 11) is 4.32. The second-order valence-corrected chi connectivity index (χ2v) is 7.14. The molecule has 1 saturated heterocycles. The van der Waals surface area contributed by atoms with Crippen LogP contribution < -0.4 is 5.32 Å². The van der Waals surface area contributed by atoms with Crippen LogP contribution in [0.5, 0.6) is 0 Å². The van der Waals surface area contributed by atoms with Crippen LogP contribution in [0, 0.1) is 11.8 Å².